The highest BCUT2D eigenvalue weighted by molar-refractivity contribution is 5.94. The summed E-state index contributed by atoms with van der Waals surface area (Å²) in [4.78, 5) is 21.6. The van der Waals surface area contributed by atoms with E-state index in [1.807, 2.05) is 24.0 Å². The fraction of sp³-hybridized carbons (Fsp3) is 0.611. The van der Waals surface area contributed by atoms with Gasteiger partial charge in [-0.1, -0.05) is 0 Å². The molecule has 1 N–H and O–H groups in total. The number of nitrogens with zero attached hydrogens (tertiary/aromatic N) is 5. The Hall–Kier alpha value is -2.15. The van der Waals surface area contributed by atoms with Gasteiger partial charge in [-0.2, -0.15) is 5.10 Å². The SMILES string of the molecule is Cc1nc(N2CCC[C@H]2CO)c2ccc(C(=O)N3CCCCC3)n2n1. The van der Waals surface area contributed by atoms with Crippen molar-refractivity contribution in [3.63, 3.8) is 0 Å². The Morgan fingerprint density at radius 1 is 1.20 bits per heavy atom. The fourth-order valence-corrected chi connectivity index (χ4v) is 4.02. The summed E-state index contributed by atoms with van der Waals surface area (Å²) in [5.41, 5.74) is 1.44. The molecule has 0 unspecified atom stereocenters. The number of hydrogen-bond acceptors (Lipinski definition) is 5. The molecule has 7 heteroatoms. The third-order valence-corrected chi connectivity index (χ3v) is 5.32. The molecular formula is C18H25N5O2. The molecule has 4 rings (SSSR count). The molecule has 0 bridgehead atoms. The number of carbonyl (C=O) groups excluding carboxylic acids is 1. The first-order valence-electron chi connectivity index (χ1n) is 9.22. The van der Waals surface area contributed by atoms with Crippen LogP contribution in [0, 0.1) is 6.92 Å². The number of aromatic nitrogens is 3. The lowest BCUT2D eigenvalue weighted by Gasteiger charge is -2.27. The Kier molecular flexibility index (Phi) is 4.33. The molecule has 7 nitrogen and oxygen atoms in total. The van der Waals surface area contributed by atoms with Crippen LogP contribution in [0.15, 0.2) is 12.1 Å². The molecule has 0 spiro atoms. The van der Waals surface area contributed by atoms with E-state index in [1.54, 1.807) is 4.52 Å². The maximum atomic E-state index is 12.9. The van der Waals surface area contributed by atoms with Crippen LogP contribution in [0.1, 0.15) is 48.4 Å². The van der Waals surface area contributed by atoms with Gasteiger partial charge < -0.3 is 14.9 Å². The number of aryl methyl sites for hydroxylation is 1. The standard InChI is InChI=1S/C18H25N5O2/c1-13-19-17(22-11-5-6-14(22)12-24)15-7-8-16(23(15)20-13)18(25)21-9-3-2-4-10-21/h7-8,14,24H,2-6,9-12H2,1H3/t14-/m0/s1. The Labute approximate surface area is 147 Å². The monoisotopic (exact) mass is 343 g/mol. The smallest absolute Gasteiger partial charge is 0.272 e. The van der Waals surface area contributed by atoms with E-state index >= 15 is 0 Å². The molecule has 2 aromatic rings. The van der Waals surface area contributed by atoms with Crippen molar-refractivity contribution >= 4 is 17.2 Å². The van der Waals surface area contributed by atoms with Crippen LogP contribution in [0.5, 0.6) is 0 Å². The summed E-state index contributed by atoms with van der Waals surface area (Å²) < 4.78 is 1.74. The minimum atomic E-state index is 0.0453. The highest BCUT2D eigenvalue weighted by Crippen LogP contribution is 2.29. The maximum Gasteiger partial charge on any atom is 0.272 e. The van der Waals surface area contributed by atoms with Gasteiger partial charge in [-0.15, -0.1) is 0 Å². The van der Waals surface area contributed by atoms with Crippen LogP contribution in [0.3, 0.4) is 0 Å². The quantitative estimate of drug-likeness (QED) is 0.917. The summed E-state index contributed by atoms with van der Waals surface area (Å²) in [6.07, 6.45) is 5.34. The van der Waals surface area contributed by atoms with Crippen LogP contribution in [-0.4, -0.2) is 62.8 Å². The lowest BCUT2D eigenvalue weighted by molar-refractivity contribution is 0.0716. The summed E-state index contributed by atoms with van der Waals surface area (Å²) in [5.74, 6) is 1.50. The third-order valence-electron chi connectivity index (χ3n) is 5.32. The number of fused-ring (bicyclic) bond motifs is 1. The molecule has 4 heterocycles. The fourth-order valence-electron chi connectivity index (χ4n) is 4.02. The predicted molar refractivity (Wildman–Crippen MR) is 94.9 cm³/mol. The molecule has 2 fully saturated rings. The van der Waals surface area contributed by atoms with E-state index in [9.17, 15) is 9.90 Å². The van der Waals surface area contributed by atoms with E-state index in [0.717, 1.165) is 56.7 Å². The van der Waals surface area contributed by atoms with Gasteiger partial charge in [0.2, 0.25) is 0 Å². The van der Waals surface area contributed by atoms with Crippen molar-refractivity contribution in [2.24, 2.45) is 0 Å². The summed E-state index contributed by atoms with van der Waals surface area (Å²) >= 11 is 0. The lowest BCUT2D eigenvalue weighted by atomic mass is 10.1. The second-order valence-corrected chi connectivity index (χ2v) is 7.02. The molecule has 2 aliphatic heterocycles. The van der Waals surface area contributed by atoms with Gasteiger partial charge in [0.25, 0.3) is 5.91 Å². The molecule has 2 aliphatic rings. The Balaban J connectivity index is 1.75. The predicted octanol–water partition coefficient (Wildman–Crippen LogP) is 1.62. The molecular weight excluding hydrogens is 318 g/mol. The van der Waals surface area contributed by atoms with Crippen LogP contribution in [0.25, 0.3) is 5.52 Å². The van der Waals surface area contributed by atoms with Gasteiger partial charge >= 0.3 is 0 Å². The second-order valence-electron chi connectivity index (χ2n) is 7.02. The third kappa shape index (κ3) is 2.86. The van der Waals surface area contributed by atoms with Crippen molar-refractivity contribution in [3.8, 4) is 0 Å². The Morgan fingerprint density at radius 3 is 2.76 bits per heavy atom. The number of amides is 1. The van der Waals surface area contributed by atoms with Gasteiger partial charge in [0.05, 0.1) is 12.6 Å². The molecule has 2 saturated heterocycles. The van der Waals surface area contributed by atoms with E-state index in [0.29, 0.717) is 11.5 Å². The van der Waals surface area contributed by atoms with E-state index < -0.39 is 0 Å². The van der Waals surface area contributed by atoms with Crippen molar-refractivity contribution < 1.29 is 9.90 Å². The second kappa shape index (κ2) is 6.63. The average Bonchev–Trinajstić information content (AvgIpc) is 3.27. The lowest BCUT2D eigenvalue weighted by Crippen LogP contribution is -2.36. The largest absolute Gasteiger partial charge is 0.394 e. The number of likely N-dealkylation sites (tertiary alicyclic amines) is 1. The summed E-state index contributed by atoms with van der Waals surface area (Å²) in [6, 6.07) is 3.88. The topological polar surface area (TPSA) is 74.0 Å². The van der Waals surface area contributed by atoms with E-state index in [-0.39, 0.29) is 18.6 Å². The first-order chi connectivity index (χ1) is 12.2. The zero-order chi connectivity index (χ0) is 17.4. The number of aliphatic hydroxyl groups is 1. The molecule has 25 heavy (non-hydrogen) atoms. The maximum absolute atomic E-state index is 12.9. The van der Waals surface area contributed by atoms with Crippen molar-refractivity contribution in [2.75, 3.05) is 31.1 Å². The van der Waals surface area contributed by atoms with Gasteiger partial charge in [-0.25, -0.2) is 9.50 Å². The minimum Gasteiger partial charge on any atom is -0.394 e. The number of anilines is 1. The van der Waals surface area contributed by atoms with Gasteiger partial charge in [0.15, 0.2) is 5.82 Å². The minimum absolute atomic E-state index is 0.0453. The molecule has 1 amide bonds. The van der Waals surface area contributed by atoms with Crippen LogP contribution >= 0.6 is 0 Å². The number of hydrogen-bond donors (Lipinski definition) is 1. The van der Waals surface area contributed by atoms with Crippen LogP contribution < -0.4 is 4.90 Å². The average molecular weight is 343 g/mol. The molecule has 1 atom stereocenters. The van der Waals surface area contributed by atoms with Crippen molar-refractivity contribution in [1.29, 1.82) is 0 Å². The number of carbonyl (C=O) groups is 1. The molecule has 2 aromatic heterocycles. The van der Waals surface area contributed by atoms with E-state index in [2.05, 4.69) is 15.0 Å². The summed E-state index contributed by atoms with van der Waals surface area (Å²) in [6.45, 7) is 4.49. The highest BCUT2D eigenvalue weighted by Gasteiger charge is 2.29. The molecule has 0 aromatic carbocycles. The van der Waals surface area contributed by atoms with Gasteiger partial charge in [-0.05, 0) is 51.2 Å². The zero-order valence-corrected chi connectivity index (χ0v) is 14.7. The summed E-state index contributed by atoms with van der Waals surface area (Å²) in [7, 11) is 0. The molecule has 0 saturated carbocycles. The zero-order valence-electron chi connectivity index (χ0n) is 14.7. The highest BCUT2D eigenvalue weighted by atomic mass is 16.3. The first-order valence-corrected chi connectivity index (χ1v) is 9.22. The van der Waals surface area contributed by atoms with Gasteiger partial charge in [-0.3, -0.25) is 4.79 Å². The Bertz CT molecular complexity index is 781. The van der Waals surface area contributed by atoms with Crippen molar-refractivity contribution in [3.05, 3.63) is 23.7 Å². The van der Waals surface area contributed by atoms with Gasteiger partial charge in [0.1, 0.15) is 17.0 Å². The first kappa shape index (κ1) is 16.3. The van der Waals surface area contributed by atoms with Crippen LogP contribution in [0.2, 0.25) is 0 Å². The molecule has 134 valence electrons. The van der Waals surface area contributed by atoms with E-state index in [4.69, 9.17) is 0 Å². The molecule has 0 aliphatic carbocycles. The molecule has 0 radical (unpaired) electrons. The van der Waals surface area contributed by atoms with Crippen LogP contribution in [-0.2, 0) is 0 Å². The summed E-state index contributed by atoms with van der Waals surface area (Å²) in [5, 5.41) is 14.2. The number of rotatable bonds is 3. The Morgan fingerprint density at radius 2 is 2.00 bits per heavy atom. The number of piperidine rings is 1. The van der Waals surface area contributed by atoms with Gasteiger partial charge in [0, 0.05) is 19.6 Å². The number of aliphatic hydroxyl groups excluding tert-OH is 1. The van der Waals surface area contributed by atoms with Crippen molar-refractivity contribution in [2.45, 2.75) is 45.1 Å². The van der Waals surface area contributed by atoms with Crippen LogP contribution in [0.4, 0.5) is 5.82 Å². The van der Waals surface area contributed by atoms with E-state index in [1.165, 1.54) is 6.42 Å². The van der Waals surface area contributed by atoms with Crippen molar-refractivity contribution in [1.82, 2.24) is 19.5 Å². The normalized spacial score (nSPS) is 21.3.